The third-order valence-electron chi connectivity index (χ3n) is 4.71. The summed E-state index contributed by atoms with van der Waals surface area (Å²) in [5.41, 5.74) is -0.373. The van der Waals surface area contributed by atoms with Crippen LogP contribution in [0.25, 0.3) is 0 Å². The van der Waals surface area contributed by atoms with Gasteiger partial charge in [0.1, 0.15) is 0 Å². The third-order valence-corrected chi connectivity index (χ3v) is 6.14. The first-order valence-electron chi connectivity index (χ1n) is 8.85. The van der Waals surface area contributed by atoms with Crippen LogP contribution in [0.1, 0.15) is 38.3 Å². The highest BCUT2D eigenvalue weighted by Crippen LogP contribution is 2.37. The van der Waals surface area contributed by atoms with Gasteiger partial charge in [0.2, 0.25) is 0 Å². The third kappa shape index (κ3) is 4.53. The minimum Gasteiger partial charge on any atom is -0.493 e. The Labute approximate surface area is 175 Å². The minimum atomic E-state index is -4.48. The van der Waals surface area contributed by atoms with Crippen LogP contribution in [0.2, 0.25) is 0 Å². The second kappa shape index (κ2) is 8.38. The number of aryl methyl sites for hydroxylation is 1. The molecule has 0 aliphatic heterocycles. The molecule has 1 aliphatic rings. The van der Waals surface area contributed by atoms with E-state index in [1.165, 1.54) is 6.07 Å². The Balaban J connectivity index is 2.13. The Bertz CT molecular complexity index is 1160. The molecule has 1 aliphatic carbocycles. The van der Waals surface area contributed by atoms with E-state index < -0.39 is 45.6 Å². The van der Waals surface area contributed by atoms with E-state index in [9.17, 15) is 37.0 Å². The van der Waals surface area contributed by atoms with E-state index in [0.29, 0.717) is 30.4 Å². The van der Waals surface area contributed by atoms with Crippen LogP contribution < -0.4 is 14.2 Å². The maximum absolute atomic E-state index is 13.1. The number of carboxylic acid groups (broad SMARTS) is 2. The van der Waals surface area contributed by atoms with Crippen LogP contribution in [0, 0.1) is 0 Å². The molecular weight excluding hydrogens is 440 g/mol. The van der Waals surface area contributed by atoms with Crippen molar-refractivity contribution in [2.45, 2.75) is 30.8 Å². The molecule has 2 aromatic rings. The highest BCUT2D eigenvalue weighted by molar-refractivity contribution is 7.92. The highest BCUT2D eigenvalue weighted by Gasteiger charge is 2.28. The van der Waals surface area contributed by atoms with Gasteiger partial charge in [-0.15, -0.1) is 0 Å². The second-order valence-corrected chi connectivity index (χ2v) is 8.26. The van der Waals surface area contributed by atoms with Crippen molar-refractivity contribution < 1.29 is 46.5 Å². The number of carboxylic acids is 2. The second-order valence-electron chi connectivity index (χ2n) is 6.61. The Hall–Kier alpha value is -3.41. The number of ether oxygens (including phenoxy) is 2. The zero-order valence-corrected chi connectivity index (χ0v) is 16.8. The lowest BCUT2D eigenvalue weighted by molar-refractivity contribution is -0.0511. The van der Waals surface area contributed by atoms with Crippen LogP contribution in [-0.4, -0.2) is 44.3 Å². The molecule has 0 saturated carbocycles. The number of benzene rings is 2. The predicted octanol–water partition coefficient (Wildman–Crippen LogP) is 2.98. The predicted molar refractivity (Wildman–Crippen MR) is 103 cm³/mol. The van der Waals surface area contributed by atoms with E-state index in [1.54, 1.807) is 0 Å². The molecule has 0 heterocycles. The molecule has 166 valence electrons. The van der Waals surface area contributed by atoms with Gasteiger partial charge in [0.25, 0.3) is 10.0 Å². The van der Waals surface area contributed by atoms with Crippen LogP contribution in [0.3, 0.4) is 0 Å². The molecule has 3 rings (SSSR count). The van der Waals surface area contributed by atoms with Crippen LogP contribution in [-0.2, 0) is 22.9 Å². The minimum absolute atomic E-state index is 0.240. The van der Waals surface area contributed by atoms with E-state index >= 15 is 0 Å². The number of nitrogens with one attached hydrogen (secondary N) is 1. The monoisotopic (exact) mass is 457 g/mol. The van der Waals surface area contributed by atoms with Crippen molar-refractivity contribution in [1.29, 1.82) is 0 Å². The maximum atomic E-state index is 13.1. The molecule has 3 N–H and O–H groups in total. The summed E-state index contributed by atoms with van der Waals surface area (Å²) < 4.78 is 62.8. The Kier molecular flexibility index (Phi) is 6.02. The first kappa shape index (κ1) is 22.3. The summed E-state index contributed by atoms with van der Waals surface area (Å²) in [5.74, 6) is -3.79. The quantitative estimate of drug-likeness (QED) is 0.550. The molecule has 0 bridgehead atoms. The average molecular weight is 457 g/mol. The summed E-state index contributed by atoms with van der Waals surface area (Å²) in [6, 6.07) is 3.99. The van der Waals surface area contributed by atoms with E-state index in [1.807, 2.05) is 0 Å². The van der Waals surface area contributed by atoms with E-state index in [-0.39, 0.29) is 16.2 Å². The zero-order valence-electron chi connectivity index (χ0n) is 16.0. The topological polar surface area (TPSA) is 139 Å². The molecule has 31 heavy (non-hydrogen) atoms. The summed E-state index contributed by atoms with van der Waals surface area (Å²) in [6.07, 6.45) is 1.50. The smallest absolute Gasteiger partial charge is 0.387 e. The molecule has 0 unspecified atom stereocenters. The van der Waals surface area contributed by atoms with E-state index in [4.69, 9.17) is 4.74 Å². The van der Waals surface area contributed by atoms with Crippen LogP contribution >= 0.6 is 0 Å². The van der Waals surface area contributed by atoms with Crippen LogP contribution in [0.4, 0.5) is 14.5 Å². The summed E-state index contributed by atoms with van der Waals surface area (Å²) in [7, 11) is -3.37. The molecule has 0 amide bonds. The molecule has 0 radical (unpaired) electrons. The van der Waals surface area contributed by atoms with E-state index in [0.717, 1.165) is 25.3 Å². The van der Waals surface area contributed by atoms with Gasteiger partial charge in [-0.1, -0.05) is 0 Å². The number of hydrogen-bond acceptors (Lipinski definition) is 6. The average Bonchev–Trinajstić information content (AvgIpc) is 3.14. The van der Waals surface area contributed by atoms with Crippen molar-refractivity contribution in [1.82, 2.24) is 0 Å². The lowest BCUT2D eigenvalue weighted by Crippen LogP contribution is -2.18. The number of halogens is 2. The van der Waals surface area contributed by atoms with Crippen molar-refractivity contribution in [2.75, 3.05) is 11.8 Å². The Morgan fingerprint density at radius 2 is 1.77 bits per heavy atom. The van der Waals surface area contributed by atoms with Gasteiger partial charge in [-0.2, -0.15) is 8.78 Å². The lowest BCUT2D eigenvalue weighted by atomic mass is 10.1. The number of alkyl halides is 2. The molecule has 0 fully saturated rings. The number of aromatic carboxylic acids is 2. The number of rotatable bonds is 8. The first-order valence-corrected chi connectivity index (χ1v) is 10.3. The zero-order chi connectivity index (χ0) is 22.9. The maximum Gasteiger partial charge on any atom is 0.387 e. The fraction of sp³-hybridized carbons (Fsp3) is 0.263. The fourth-order valence-electron chi connectivity index (χ4n) is 3.40. The van der Waals surface area contributed by atoms with Crippen molar-refractivity contribution >= 4 is 27.6 Å². The number of hydrogen-bond donors (Lipinski definition) is 3. The molecule has 9 nitrogen and oxygen atoms in total. The van der Waals surface area contributed by atoms with Gasteiger partial charge in [-0.05, 0) is 42.5 Å². The van der Waals surface area contributed by atoms with Gasteiger partial charge < -0.3 is 19.7 Å². The highest BCUT2D eigenvalue weighted by atomic mass is 32.2. The number of sulfonamides is 1. The van der Waals surface area contributed by atoms with E-state index in [2.05, 4.69) is 9.46 Å². The first-order chi connectivity index (χ1) is 14.5. The molecule has 0 spiro atoms. The lowest BCUT2D eigenvalue weighted by Gasteiger charge is -2.17. The summed E-state index contributed by atoms with van der Waals surface area (Å²) in [5, 5.41) is 18.7. The summed E-state index contributed by atoms with van der Waals surface area (Å²) >= 11 is 0. The van der Waals surface area contributed by atoms with Crippen LogP contribution in [0.5, 0.6) is 11.5 Å². The van der Waals surface area contributed by atoms with Crippen molar-refractivity contribution in [3.05, 3.63) is 46.5 Å². The fourth-order valence-corrected chi connectivity index (χ4v) is 4.81. The number of methoxy groups -OCH3 is 1. The van der Waals surface area contributed by atoms with Crippen molar-refractivity contribution in [3.8, 4) is 11.5 Å². The molecule has 0 atom stereocenters. The molecule has 2 aromatic carbocycles. The molecule has 0 saturated heterocycles. The van der Waals surface area contributed by atoms with Gasteiger partial charge in [0.05, 0.1) is 28.8 Å². The number of anilines is 1. The van der Waals surface area contributed by atoms with Crippen molar-refractivity contribution in [3.63, 3.8) is 0 Å². The Morgan fingerprint density at radius 1 is 1.06 bits per heavy atom. The summed E-state index contributed by atoms with van der Waals surface area (Å²) in [4.78, 5) is 22.7. The van der Waals surface area contributed by atoms with Gasteiger partial charge in [0.15, 0.2) is 11.5 Å². The number of fused-ring (bicyclic) bond motifs is 1. The van der Waals surface area contributed by atoms with Gasteiger partial charge in [-0.3, -0.25) is 4.72 Å². The van der Waals surface area contributed by atoms with Gasteiger partial charge in [0, 0.05) is 12.1 Å². The normalized spacial score (nSPS) is 13.0. The standard InChI is InChI=1S/C19H17F2NO8S/c1-29-14-7-12(18(25)26)13(8-15(14)30-19(20)21)22-31(27,28)16-6-10(17(23)24)5-9-3-2-4-11(9)16/h5-8,19,22H,2-4H2,1H3,(H,23,24)(H,25,26). The van der Waals surface area contributed by atoms with Crippen LogP contribution in [0.15, 0.2) is 29.2 Å². The molecule has 0 aromatic heterocycles. The largest absolute Gasteiger partial charge is 0.493 e. The van der Waals surface area contributed by atoms with Gasteiger partial charge in [-0.25, -0.2) is 18.0 Å². The van der Waals surface area contributed by atoms with Gasteiger partial charge >= 0.3 is 18.6 Å². The van der Waals surface area contributed by atoms with Crippen molar-refractivity contribution in [2.24, 2.45) is 0 Å². The Morgan fingerprint density at radius 3 is 2.35 bits per heavy atom. The SMILES string of the molecule is COc1cc(C(=O)O)c(NS(=O)(=O)c2cc(C(=O)O)cc3c2CCC3)cc1OC(F)F. The molecular formula is C19H17F2NO8S. The number of carbonyl (C=O) groups is 2. The molecule has 12 heteroatoms. The summed E-state index contributed by atoms with van der Waals surface area (Å²) in [6.45, 7) is -3.27.